The number of ketones is 1. The molecule has 2 amide bonds. The fourth-order valence-electron chi connectivity index (χ4n) is 1.88. The summed E-state index contributed by atoms with van der Waals surface area (Å²) < 4.78 is 0. The van der Waals surface area contributed by atoms with Crippen LogP contribution in [0.1, 0.15) is 34.6 Å². The van der Waals surface area contributed by atoms with Crippen LogP contribution in [0.5, 0.6) is 0 Å². The van der Waals surface area contributed by atoms with E-state index in [2.05, 4.69) is 10.6 Å². The quantitative estimate of drug-likeness (QED) is 0.647. The van der Waals surface area contributed by atoms with Crippen LogP contribution in [-0.4, -0.2) is 55.2 Å². The molecule has 0 aromatic carbocycles. The molecule has 6 heteroatoms. The molecule has 122 valence electrons. The second kappa shape index (κ2) is 9.50. The van der Waals surface area contributed by atoms with Crippen LogP contribution in [0.25, 0.3) is 0 Å². The summed E-state index contributed by atoms with van der Waals surface area (Å²) in [6.45, 7) is 10.1. The Balaban J connectivity index is 4.20. The molecule has 0 radical (unpaired) electrons. The highest BCUT2D eigenvalue weighted by molar-refractivity contribution is 5.88. The second-order valence-corrected chi connectivity index (χ2v) is 6.27. The van der Waals surface area contributed by atoms with Gasteiger partial charge in [0.15, 0.2) is 5.78 Å². The first kappa shape index (κ1) is 19.6. The largest absolute Gasteiger partial charge is 0.355 e. The Morgan fingerprint density at radius 3 is 1.95 bits per heavy atom. The molecular weight excluding hydrogens is 270 g/mol. The Labute approximate surface area is 127 Å². The third-order valence-corrected chi connectivity index (χ3v) is 2.96. The van der Waals surface area contributed by atoms with Crippen molar-refractivity contribution in [3.8, 4) is 0 Å². The average molecular weight is 299 g/mol. The summed E-state index contributed by atoms with van der Waals surface area (Å²) in [5.41, 5.74) is 0. The van der Waals surface area contributed by atoms with Crippen LogP contribution in [0.4, 0.5) is 0 Å². The van der Waals surface area contributed by atoms with E-state index in [1.165, 1.54) is 6.92 Å². The Kier molecular flexibility index (Phi) is 8.85. The lowest BCUT2D eigenvalue weighted by atomic mass is 10.0. The van der Waals surface area contributed by atoms with Gasteiger partial charge in [0, 0.05) is 6.54 Å². The third kappa shape index (κ3) is 9.18. The van der Waals surface area contributed by atoms with Gasteiger partial charge in [-0.15, -0.1) is 0 Å². The highest BCUT2D eigenvalue weighted by Crippen LogP contribution is 2.02. The van der Waals surface area contributed by atoms with Crippen LogP contribution in [0, 0.1) is 11.8 Å². The fraction of sp³-hybridized carbons (Fsp3) is 0.800. The normalized spacial score (nSPS) is 12.6. The zero-order chi connectivity index (χ0) is 16.6. The summed E-state index contributed by atoms with van der Waals surface area (Å²) in [5.74, 6) is 0.0285. The number of carbonyl (C=O) groups is 3. The standard InChI is InChI=1S/C15H29N3O3/c1-10(2)7-16-13(20)8-18(6)9-14(21)17-15(11(3)4)12(5)19/h10-11,15H,7-9H2,1-6H3,(H,16,20)(H,17,21). The Morgan fingerprint density at radius 2 is 1.52 bits per heavy atom. The number of likely N-dealkylation sites (N-methyl/N-ethyl adjacent to an activating group) is 1. The molecular formula is C15H29N3O3. The van der Waals surface area contributed by atoms with E-state index < -0.39 is 6.04 Å². The van der Waals surface area contributed by atoms with E-state index in [0.717, 1.165) is 0 Å². The molecule has 0 saturated carbocycles. The fourth-order valence-corrected chi connectivity index (χ4v) is 1.88. The van der Waals surface area contributed by atoms with Gasteiger partial charge in [-0.1, -0.05) is 27.7 Å². The van der Waals surface area contributed by atoms with Crippen molar-refractivity contribution >= 4 is 17.6 Å². The van der Waals surface area contributed by atoms with Gasteiger partial charge in [0.25, 0.3) is 0 Å². The van der Waals surface area contributed by atoms with Crippen molar-refractivity contribution < 1.29 is 14.4 Å². The number of hydrogen-bond donors (Lipinski definition) is 2. The first-order chi connectivity index (χ1) is 9.63. The predicted molar refractivity (Wildman–Crippen MR) is 82.8 cm³/mol. The summed E-state index contributed by atoms with van der Waals surface area (Å²) in [4.78, 5) is 36.6. The number of hydrogen-bond acceptors (Lipinski definition) is 4. The molecule has 1 atom stereocenters. The first-order valence-corrected chi connectivity index (χ1v) is 7.38. The summed E-state index contributed by atoms with van der Waals surface area (Å²) >= 11 is 0. The van der Waals surface area contributed by atoms with Crippen molar-refractivity contribution in [2.75, 3.05) is 26.7 Å². The summed E-state index contributed by atoms with van der Waals surface area (Å²) in [7, 11) is 1.70. The second-order valence-electron chi connectivity index (χ2n) is 6.27. The van der Waals surface area contributed by atoms with E-state index in [1.54, 1.807) is 11.9 Å². The minimum Gasteiger partial charge on any atom is -0.355 e. The molecule has 0 fully saturated rings. The molecule has 0 aromatic heterocycles. The van der Waals surface area contributed by atoms with Crippen molar-refractivity contribution in [1.82, 2.24) is 15.5 Å². The lowest BCUT2D eigenvalue weighted by Crippen LogP contribution is -2.48. The molecule has 2 N–H and O–H groups in total. The third-order valence-electron chi connectivity index (χ3n) is 2.96. The molecule has 0 saturated heterocycles. The number of carbonyl (C=O) groups excluding carboxylic acids is 3. The van der Waals surface area contributed by atoms with Crippen LogP contribution >= 0.6 is 0 Å². The molecule has 1 unspecified atom stereocenters. The number of amides is 2. The molecule has 0 heterocycles. The van der Waals surface area contributed by atoms with Gasteiger partial charge in [0.1, 0.15) is 0 Å². The maximum absolute atomic E-state index is 11.9. The van der Waals surface area contributed by atoms with Crippen LogP contribution in [-0.2, 0) is 14.4 Å². The maximum atomic E-state index is 11.9. The zero-order valence-electron chi connectivity index (χ0n) is 14.0. The molecule has 6 nitrogen and oxygen atoms in total. The molecule has 0 bridgehead atoms. The van der Waals surface area contributed by atoms with Crippen molar-refractivity contribution in [3.63, 3.8) is 0 Å². The minimum atomic E-state index is -0.472. The van der Waals surface area contributed by atoms with Crippen LogP contribution in [0.3, 0.4) is 0 Å². The number of nitrogens with one attached hydrogen (secondary N) is 2. The van der Waals surface area contributed by atoms with E-state index >= 15 is 0 Å². The van der Waals surface area contributed by atoms with Crippen LogP contribution < -0.4 is 10.6 Å². The van der Waals surface area contributed by atoms with Gasteiger partial charge in [-0.2, -0.15) is 0 Å². The van der Waals surface area contributed by atoms with Gasteiger partial charge < -0.3 is 10.6 Å². The number of Topliss-reactive ketones (excluding diaryl/α,β-unsaturated/α-hetero) is 1. The first-order valence-electron chi connectivity index (χ1n) is 7.38. The van der Waals surface area contributed by atoms with Gasteiger partial charge >= 0.3 is 0 Å². The Morgan fingerprint density at radius 1 is 1.00 bits per heavy atom. The highest BCUT2D eigenvalue weighted by atomic mass is 16.2. The monoisotopic (exact) mass is 299 g/mol. The van der Waals surface area contributed by atoms with Gasteiger partial charge in [-0.25, -0.2) is 0 Å². The molecule has 0 aliphatic rings. The molecule has 0 aromatic rings. The van der Waals surface area contributed by atoms with E-state index in [1.807, 2.05) is 27.7 Å². The average Bonchev–Trinajstić information content (AvgIpc) is 2.32. The molecule has 0 rings (SSSR count). The minimum absolute atomic E-state index is 0.0473. The van der Waals surface area contributed by atoms with E-state index in [-0.39, 0.29) is 36.6 Å². The van der Waals surface area contributed by atoms with Crippen LogP contribution in [0.2, 0.25) is 0 Å². The molecule has 0 spiro atoms. The van der Waals surface area contributed by atoms with E-state index in [0.29, 0.717) is 12.5 Å². The molecule has 0 aliphatic heterocycles. The van der Waals surface area contributed by atoms with Gasteiger partial charge in [-0.3, -0.25) is 19.3 Å². The lowest BCUT2D eigenvalue weighted by Gasteiger charge is -2.22. The SMILES string of the molecule is CC(=O)C(NC(=O)CN(C)CC(=O)NCC(C)C)C(C)C. The van der Waals surface area contributed by atoms with E-state index in [9.17, 15) is 14.4 Å². The van der Waals surface area contributed by atoms with Crippen molar-refractivity contribution in [2.45, 2.75) is 40.7 Å². The molecule has 21 heavy (non-hydrogen) atoms. The predicted octanol–water partition coefficient (Wildman–Crippen LogP) is 0.420. The van der Waals surface area contributed by atoms with Gasteiger partial charge in [-0.05, 0) is 25.8 Å². The number of rotatable bonds is 9. The van der Waals surface area contributed by atoms with Crippen molar-refractivity contribution in [1.29, 1.82) is 0 Å². The number of nitrogens with zero attached hydrogens (tertiary/aromatic N) is 1. The van der Waals surface area contributed by atoms with Gasteiger partial charge in [0.2, 0.25) is 11.8 Å². The maximum Gasteiger partial charge on any atom is 0.234 e. The summed E-state index contributed by atoms with van der Waals surface area (Å²) in [6, 6.07) is -0.472. The summed E-state index contributed by atoms with van der Waals surface area (Å²) in [6.07, 6.45) is 0. The Hall–Kier alpha value is -1.43. The smallest absolute Gasteiger partial charge is 0.234 e. The topological polar surface area (TPSA) is 78.5 Å². The van der Waals surface area contributed by atoms with Gasteiger partial charge in [0.05, 0.1) is 19.1 Å². The highest BCUT2D eigenvalue weighted by Gasteiger charge is 2.21. The van der Waals surface area contributed by atoms with E-state index in [4.69, 9.17) is 0 Å². The lowest BCUT2D eigenvalue weighted by molar-refractivity contribution is -0.129. The van der Waals surface area contributed by atoms with Crippen molar-refractivity contribution in [2.24, 2.45) is 11.8 Å². The van der Waals surface area contributed by atoms with Crippen molar-refractivity contribution in [3.05, 3.63) is 0 Å². The zero-order valence-corrected chi connectivity index (χ0v) is 14.0. The summed E-state index contributed by atoms with van der Waals surface area (Å²) in [5, 5.41) is 5.51. The Bertz CT molecular complexity index is 367. The van der Waals surface area contributed by atoms with Crippen LogP contribution in [0.15, 0.2) is 0 Å². The molecule has 0 aliphatic carbocycles.